The molecule has 0 radical (unpaired) electrons. The molecule has 1 aromatic rings. The SMILES string of the molecule is C[C@@H]1CN(c2cc(Cl)ccc2C(=N)N)C[C@H](C)O1. The van der Waals surface area contributed by atoms with Crippen LogP contribution in [0.5, 0.6) is 0 Å². The number of ether oxygens (including phenoxy) is 1. The Bertz CT molecular complexity index is 454. The molecule has 3 N–H and O–H groups in total. The first kappa shape index (κ1) is 13.2. The van der Waals surface area contributed by atoms with Crippen LogP contribution >= 0.6 is 11.6 Å². The van der Waals surface area contributed by atoms with Crippen LogP contribution in [0.2, 0.25) is 5.02 Å². The third kappa shape index (κ3) is 2.76. The molecule has 0 saturated carbocycles. The standard InChI is InChI=1S/C13H18ClN3O/c1-8-6-17(7-9(2)18-8)12-5-10(14)3-4-11(12)13(15)16/h3-5,8-9H,6-7H2,1-2H3,(H3,15,16)/t8-,9+. The number of hydrogen-bond donors (Lipinski definition) is 2. The first-order valence-corrected chi connectivity index (χ1v) is 6.39. The minimum atomic E-state index is 0.0634. The van der Waals surface area contributed by atoms with Crippen LogP contribution < -0.4 is 10.6 Å². The molecule has 0 amide bonds. The van der Waals surface area contributed by atoms with Crippen LogP contribution in [-0.2, 0) is 4.74 Å². The molecule has 1 heterocycles. The second-order valence-electron chi connectivity index (χ2n) is 4.74. The number of morpholine rings is 1. The van der Waals surface area contributed by atoms with Crippen molar-refractivity contribution in [1.29, 1.82) is 5.41 Å². The second kappa shape index (κ2) is 5.16. The van der Waals surface area contributed by atoms with Crippen molar-refractivity contribution in [3.05, 3.63) is 28.8 Å². The van der Waals surface area contributed by atoms with Crippen LogP contribution in [0.1, 0.15) is 19.4 Å². The number of halogens is 1. The number of rotatable bonds is 2. The highest BCUT2D eigenvalue weighted by Gasteiger charge is 2.24. The summed E-state index contributed by atoms with van der Waals surface area (Å²) in [6.07, 6.45) is 0.320. The zero-order valence-corrected chi connectivity index (χ0v) is 11.4. The lowest BCUT2D eigenvalue weighted by Gasteiger charge is -2.37. The lowest BCUT2D eigenvalue weighted by Crippen LogP contribution is -2.46. The normalized spacial score (nSPS) is 24.1. The van der Waals surface area contributed by atoms with Crippen LogP contribution in [-0.4, -0.2) is 31.1 Å². The predicted octanol–water partition coefficient (Wildman–Crippen LogP) is 2.24. The molecule has 1 aromatic carbocycles. The average molecular weight is 268 g/mol. The lowest BCUT2D eigenvalue weighted by atomic mass is 10.1. The molecule has 0 aromatic heterocycles. The monoisotopic (exact) mass is 267 g/mol. The fourth-order valence-electron chi connectivity index (χ4n) is 2.37. The van der Waals surface area contributed by atoms with Crippen molar-refractivity contribution in [2.24, 2.45) is 5.73 Å². The van der Waals surface area contributed by atoms with Crippen LogP contribution in [0.15, 0.2) is 18.2 Å². The Morgan fingerprint density at radius 1 is 1.39 bits per heavy atom. The Kier molecular flexibility index (Phi) is 3.78. The average Bonchev–Trinajstić information content (AvgIpc) is 2.27. The quantitative estimate of drug-likeness (QED) is 0.638. The van der Waals surface area contributed by atoms with Crippen molar-refractivity contribution in [3.8, 4) is 0 Å². The molecule has 0 unspecified atom stereocenters. The maximum absolute atomic E-state index is 7.64. The van der Waals surface area contributed by atoms with Crippen molar-refractivity contribution in [2.45, 2.75) is 26.1 Å². The Morgan fingerprint density at radius 2 is 2.00 bits per heavy atom. The molecule has 2 rings (SSSR count). The van der Waals surface area contributed by atoms with E-state index in [1.54, 1.807) is 12.1 Å². The molecule has 1 saturated heterocycles. The molecule has 2 atom stereocenters. The maximum atomic E-state index is 7.64. The van der Waals surface area contributed by atoms with Crippen molar-refractivity contribution >= 4 is 23.1 Å². The molecule has 18 heavy (non-hydrogen) atoms. The van der Waals surface area contributed by atoms with Crippen molar-refractivity contribution in [3.63, 3.8) is 0 Å². The lowest BCUT2D eigenvalue weighted by molar-refractivity contribution is -0.00522. The van der Waals surface area contributed by atoms with Gasteiger partial charge in [0.2, 0.25) is 0 Å². The van der Waals surface area contributed by atoms with Gasteiger partial charge in [0.1, 0.15) is 5.84 Å². The summed E-state index contributed by atoms with van der Waals surface area (Å²) in [4.78, 5) is 2.18. The molecule has 1 fully saturated rings. The fraction of sp³-hybridized carbons (Fsp3) is 0.462. The number of hydrogen-bond acceptors (Lipinski definition) is 3. The first-order valence-electron chi connectivity index (χ1n) is 6.01. The van der Waals surface area contributed by atoms with Gasteiger partial charge in [0, 0.05) is 29.4 Å². The second-order valence-corrected chi connectivity index (χ2v) is 5.17. The number of amidine groups is 1. The summed E-state index contributed by atoms with van der Waals surface area (Å²) in [7, 11) is 0. The fourth-order valence-corrected chi connectivity index (χ4v) is 2.54. The van der Waals surface area contributed by atoms with Crippen molar-refractivity contribution in [2.75, 3.05) is 18.0 Å². The summed E-state index contributed by atoms with van der Waals surface area (Å²) in [5.74, 6) is 0.0634. The first-order chi connectivity index (χ1) is 8.47. The van der Waals surface area contributed by atoms with Crippen LogP contribution in [0.4, 0.5) is 5.69 Å². The molecular weight excluding hydrogens is 250 g/mol. The Morgan fingerprint density at radius 3 is 2.56 bits per heavy atom. The third-order valence-corrected chi connectivity index (χ3v) is 3.25. The van der Waals surface area contributed by atoms with E-state index < -0.39 is 0 Å². The summed E-state index contributed by atoms with van der Waals surface area (Å²) in [5.41, 5.74) is 7.26. The smallest absolute Gasteiger partial charge is 0.124 e. The van der Waals surface area contributed by atoms with E-state index in [1.165, 1.54) is 0 Å². The summed E-state index contributed by atoms with van der Waals surface area (Å²) < 4.78 is 5.71. The van der Waals surface area contributed by atoms with E-state index >= 15 is 0 Å². The van der Waals surface area contributed by atoms with Gasteiger partial charge >= 0.3 is 0 Å². The van der Waals surface area contributed by atoms with Gasteiger partial charge in [-0.2, -0.15) is 0 Å². The largest absolute Gasteiger partial charge is 0.384 e. The summed E-state index contributed by atoms with van der Waals surface area (Å²) in [5, 5.41) is 8.30. The van der Waals surface area contributed by atoms with Gasteiger partial charge in [-0.05, 0) is 32.0 Å². The van der Waals surface area contributed by atoms with Gasteiger partial charge in [-0.15, -0.1) is 0 Å². The van der Waals surface area contributed by atoms with Gasteiger partial charge in [0.15, 0.2) is 0 Å². The van der Waals surface area contributed by atoms with Gasteiger partial charge in [-0.1, -0.05) is 11.6 Å². The molecule has 1 aliphatic heterocycles. The number of nitrogens with one attached hydrogen (secondary N) is 1. The Hall–Kier alpha value is -1.26. The third-order valence-electron chi connectivity index (χ3n) is 3.01. The van der Waals surface area contributed by atoms with E-state index in [0.29, 0.717) is 5.02 Å². The molecule has 1 aliphatic rings. The van der Waals surface area contributed by atoms with Gasteiger partial charge in [0.05, 0.1) is 12.2 Å². The zero-order chi connectivity index (χ0) is 13.3. The minimum Gasteiger partial charge on any atom is -0.384 e. The predicted molar refractivity (Wildman–Crippen MR) is 74.7 cm³/mol. The van der Waals surface area contributed by atoms with Gasteiger partial charge in [-0.25, -0.2) is 0 Å². The number of benzene rings is 1. The molecule has 0 bridgehead atoms. The van der Waals surface area contributed by atoms with E-state index in [0.717, 1.165) is 24.3 Å². The highest BCUT2D eigenvalue weighted by Crippen LogP contribution is 2.27. The van der Waals surface area contributed by atoms with Gasteiger partial charge < -0.3 is 15.4 Å². The summed E-state index contributed by atoms with van der Waals surface area (Å²) in [6.45, 7) is 5.65. The van der Waals surface area contributed by atoms with E-state index in [4.69, 9.17) is 27.5 Å². The van der Waals surface area contributed by atoms with Gasteiger partial charge in [-0.3, -0.25) is 5.41 Å². The van der Waals surface area contributed by atoms with Crippen molar-refractivity contribution in [1.82, 2.24) is 0 Å². The number of nitrogen functional groups attached to an aromatic ring is 1. The topological polar surface area (TPSA) is 62.3 Å². The molecular formula is C13H18ClN3O. The highest BCUT2D eigenvalue weighted by molar-refractivity contribution is 6.31. The molecule has 0 aliphatic carbocycles. The summed E-state index contributed by atoms with van der Waals surface area (Å²) >= 11 is 6.04. The highest BCUT2D eigenvalue weighted by atomic mass is 35.5. The Labute approximate surface area is 112 Å². The van der Waals surface area contributed by atoms with Crippen LogP contribution in [0.25, 0.3) is 0 Å². The zero-order valence-electron chi connectivity index (χ0n) is 10.6. The number of anilines is 1. The maximum Gasteiger partial charge on any atom is 0.124 e. The van der Waals surface area contributed by atoms with Crippen LogP contribution in [0.3, 0.4) is 0 Å². The summed E-state index contributed by atoms with van der Waals surface area (Å²) in [6, 6.07) is 5.42. The van der Waals surface area contributed by atoms with E-state index in [1.807, 2.05) is 19.9 Å². The molecule has 4 nitrogen and oxygen atoms in total. The molecule has 98 valence electrons. The Balaban J connectivity index is 2.36. The molecule has 5 heteroatoms. The van der Waals surface area contributed by atoms with Crippen molar-refractivity contribution < 1.29 is 4.74 Å². The number of nitrogens with two attached hydrogens (primary N) is 1. The van der Waals surface area contributed by atoms with Gasteiger partial charge in [0.25, 0.3) is 0 Å². The van der Waals surface area contributed by atoms with E-state index in [9.17, 15) is 0 Å². The molecule has 0 spiro atoms. The van der Waals surface area contributed by atoms with E-state index in [-0.39, 0.29) is 18.0 Å². The van der Waals surface area contributed by atoms with Crippen LogP contribution in [0, 0.1) is 5.41 Å². The number of nitrogens with zero attached hydrogens (tertiary/aromatic N) is 1. The minimum absolute atomic E-state index is 0.0634. The van der Waals surface area contributed by atoms with E-state index in [2.05, 4.69) is 4.90 Å².